The van der Waals surface area contributed by atoms with Crippen LogP contribution in [-0.2, 0) is 0 Å². The van der Waals surface area contributed by atoms with Gasteiger partial charge >= 0.3 is 0 Å². The van der Waals surface area contributed by atoms with Crippen molar-refractivity contribution in [1.29, 1.82) is 0 Å². The minimum absolute atomic E-state index is 0.709. The van der Waals surface area contributed by atoms with E-state index >= 15 is 0 Å². The zero-order chi connectivity index (χ0) is 12.9. The summed E-state index contributed by atoms with van der Waals surface area (Å²) in [6.45, 7) is 0. The van der Waals surface area contributed by atoms with Crippen molar-refractivity contribution in [2.24, 2.45) is 0 Å². The number of rotatable bonds is 0. The molecule has 0 aromatic heterocycles. The minimum atomic E-state index is 0.709. The topological polar surface area (TPSA) is 0 Å². The lowest BCUT2D eigenvalue weighted by molar-refractivity contribution is 1.70. The molecule has 0 amide bonds. The van der Waals surface area contributed by atoms with Crippen molar-refractivity contribution >= 4 is 76.6 Å². The van der Waals surface area contributed by atoms with Gasteiger partial charge < -0.3 is 0 Å². The lowest BCUT2D eigenvalue weighted by Crippen LogP contribution is -1.81. The third-order valence-corrected chi connectivity index (χ3v) is 5.54. The van der Waals surface area contributed by atoms with Crippen LogP contribution in [0.25, 0.3) is 21.5 Å². The molecule has 3 aromatic rings. The van der Waals surface area contributed by atoms with Crippen molar-refractivity contribution in [3.05, 3.63) is 55.4 Å². The first-order valence-electron chi connectivity index (χ1n) is 5.23. The first-order valence-corrected chi connectivity index (χ1v) is 7.57. The quantitative estimate of drug-likeness (QED) is 0.360. The summed E-state index contributed by atoms with van der Waals surface area (Å²) in [6.07, 6.45) is 0. The van der Waals surface area contributed by atoms with Gasteiger partial charge in [0, 0.05) is 8.95 Å². The Morgan fingerprint density at radius 3 is 2.22 bits per heavy atom. The van der Waals surface area contributed by atoms with Crippen molar-refractivity contribution in [1.82, 2.24) is 0 Å². The Morgan fingerprint density at radius 2 is 1.44 bits per heavy atom. The normalized spacial score (nSPS) is 11.3. The molecule has 0 N–H and O–H groups in total. The van der Waals surface area contributed by atoms with Gasteiger partial charge in [-0.1, -0.05) is 41.4 Å². The fourth-order valence-electron chi connectivity index (χ4n) is 2.07. The van der Waals surface area contributed by atoms with E-state index in [1.165, 1.54) is 0 Å². The molecule has 0 bridgehead atoms. The molecule has 0 saturated carbocycles. The second-order valence-corrected chi connectivity index (χ2v) is 6.47. The van der Waals surface area contributed by atoms with Gasteiger partial charge in [-0.3, -0.25) is 0 Å². The summed E-state index contributed by atoms with van der Waals surface area (Å²) in [5.41, 5.74) is 0. The Kier molecular flexibility index (Phi) is 3.31. The molecule has 4 heteroatoms. The number of hydrogen-bond acceptors (Lipinski definition) is 0. The maximum absolute atomic E-state index is 6.17. The Bertz CT molecular complexity index is 782. The van der Waals surface area contributed by atoms with E-state index in [-0.39, 0.29) is 0 Å². The van der Waals surface area contributed by atoms with Crippen LogP contribution in [0.4, 0.5) is 0 Å². The average molecular weight is 405 g/mol. The largest absolute Gasteiger partial charge is 0.0831 e. The summed E-state index contributed by atoms with van der Waals surface area (Å²) < 4.78 is 1.83. The predicted octanol–water partition coefficient (Wildman–Crippen LogP) is 6.82. The highest BCUT2D eigenvalue weighted by Crippen LogP contribution is 2.37. The molecule has 18 heavy (non-hydrogen) atoms. The molecule has 0 spiro atoms. The van der Waals surface area contributed by atoms with Crippen LogP contribution in [-0.4, -0.2) is 0 Å². The zero-order valence-electron chi connectivity index (χ0n) is 8.98. The Balaban J connectivity index is 2.54. The standard InChI is InChI=1S/C14H6Br2Cl2/c15-11-5-7-1-2-9-8(10(7)6-13(11)18)3-4-12(17)14(9)16/h1-6H. The summed E-state index contributed by atoms with van der Waals surface area (Å²) in [5, 5.41) is 5.92. The van der Waals surface area contributed by atoms with Gasteiger partial charge in [-0.15, -0.1) is 0 Å². The van der Waals surface area contributed by atoms with Crippen molar-refractivity contribution in [2.45, 2.75) is 0 Å². The van der Waals surface area contributed by atoms with Gasteiger partial charge in [0.2, 0.25) is 0 Å². The van der Waals surface area contributed by atoms with E-state index in [4.69, 9.17) is 23.2 Å². The van der Waals surface area contributed by atoms with Gasteiger partial charge in [-0.2, -0.15) is 0 Å². The number of hydrogen-bond donors (Lipinski definition) is 0. The van der Waals surface area contributed by atoms with Gasteiger partial charge in [0.05, 0.1) is 10.0 Å². The maximum atomic E-state index is 6.17. The summed E-state index contributed by atoms with van der Waals surface area (Å²) in [6, 6.07) is 12.1. The van der Waals surface area contributed by atoms with Crippen LogP contribution in [0.2, 0.25) is 10.0 Å². The van der Waals surface area contributed by atoms with Crippen molar-refractivity contribution in [2.75, 3.05) is 0 Å². The van der Waals surface area contributed by atoms with Crippen LogP contribution in [0.3, 0.4) is 0 Å². The van der Waals surface area contributed by atoms with Gasteiger partial charge in [0.25, 0.3) is 0 Å². The SMILES string of the molecule is Clc1cc2c(ccc3c(Br)c(Cl)ccc32)cc1Br. The fourth-order valence-corrected chi connectivity index (χ4v) is 3.24. The Labute approximate surface area is 131 Å². The lowest BCUT2D eigenvalue weighted by Gasteiger charge is -2.08. The van der Waals surface area contributed by atoms with Crippen LogP contribution < -0.4 is 0 Å². The van der Waals surface area contributed by atoms with Crippen molar-refractivity contribution in [3.8, 4) is 0 Å². The van der Waals surface area contributed by atoms with Crippen LogP contribution in [0.5, 0.6) is 0 Å². The summed E-state index contributed by atoms with van der Waals surface area (Å²) in [5.74, 6) is 0. The molecule has 3 aromatic carbocycles. The van der Waals surface area contributed by atoms with E-state index < -0.39 is 0 Å². The third-order valence-electron chi connectivity index (χ3n) is 2.94. The second kappa shape index (κ2) is 4.68. The summed E-state index contributed by atoms with van der Waals surface area (Å²) in [7, 11) is 0. The van der Waals surface area contributed by atoms with E-state index in [9.17, 15) is 0 Å². The van der Waals surface area contributed by atoms with E-state index in [1.807, 2.05) is 24.3 Å². The highest BCUT2D eigenvalue weighted by atomic mass is 79.9. The molecule has 0 aliphatic carbocycles. The fraction of sp³-hybridized carbons (Fsp3) is 0. The van der Waals surface area contributed by atoms with Gasteiger partial charge in [0.15, 0.2) is 0 Å². The third kappa shape index (κ3) is 1.96. The predicted molar refractivity (Wildman–Crippen MR) is 86.9 cm³/mol. The van der Waals surface area contributed by atoms with E-state index in [2.05, 4.69) is 44.0 Å². The highest BCUT2D eigenvalue weighted by molar-refractivity contribution is 9.11. The molecular formula is C14H6Br2Cl2. The van der Waals surface area contributed by atoms with Gasteiger partial charge in [0.1, 0.15) is 0 Å². The molecule has 3 rings (SSSR count). The molecule has 0 saturated heterocycles. The molecule has 0 atom stereocenters. The first kappa shape index (κ1) is 12.7. The van der Waals surface area contributed by atoms with E-state index in [0.717, 1.165) is 30.5 Å². The molecule has 0 unspecified atom stereocenters. The van der Waals surface area contributed by atoms with Gasteiger partial charge in [-0.25, -0.2) is 0 Å². The summed E-state index contributed by atoms with van der Waals surface area (Å²) in [4.78, 5) is 0. The maximum Gasteiger partial charge on any atom is 0.0554 e. The van der Waals surface area contributed by atoms with E-state index in [1.54, 1.807) is 0 Å². The summed E-state index contributed by atoms with van der Waals surface area (Å²) >= 11 is 19.3. The molecule has 0 aliphatic heterocycles. The van der Waals surface area contributed by atoms with Crippen molar-refractivity contribution < 1.29 is 0 Å². The van der Waals surface area contributed by atoms with E-state index in [0.29, 0.717) is 10.0 Å². The lowest BCUT2D eigenvalue weighted by atomic mass is 10.0. The van der Waals surface area contributed by atoms with Gasteiger partial charge in [-0.05, 0) is 71.6 Å². The van der Waals surface area contributed by atoms with Crippen LogP contribution >= 0.6 is 55.1 Å². The van der Waals surface area contributed by atoms with Crippen LogP contribution in [0.1, 0.15) is 0 Å². The number of halogens is 4. The first-order chi connectivity index (χ1) is 8.58. The molecule has 0 heterocycles. The molecule has 0 fully saturated rings. The second-order valence-electron chi connectivity index (χ2n) is 4.01. The Hall–Kier alpha value is -0.280. The minimum Gasteiger partial charge on any atom is -0.0831 e. The van der Waals surface area contributed by atoms with Crippen molar-refractivity contribution in [3.63, 3.8) is 0 Å². The zero-order valence-corrected chi connectivity index (χ0v) is 13.7. The molecule has 0 nitrogen and oxygen atoms in total. The smallest absolute Gasteiger partial charge is 0.0554 e. The molecular weight excluding hydrogens is 399 g/mol. The monoisotopic (exact) mass is 402 g/mol. The molecule has 90 valence electrons. The molecule has 0 radical (unpaired) electrons. The van der Waals surface area contributed by atoms with Crippen LogP contribution in [0, 0.1) is 0 Å². The Morgan fingerprint density at radius 1 is 0.722 bits per heavy atom. The average Bonchev–Trinajstić information content (AvgIpc) is 2.35. The van der Waals surface area contributed by atoms with Crippen LogP contribution in [0.15, 0.2) is 45.3 Å². The highest BCUT2D eigenvalue weighted by Gasteiger charge is 2.08. The number of benzene rings is 3. The number of fused-ring (bicyclic) bond motifs is 3. The molecule has 0 aliphatic rings.